The second-order valence-corrected chi connectivity index (χ2v) is 20.4. The van der Waals surface area contributed by atoms with E-state index in [1.54, 1.807) is 0 Å². The molecule has 12 aromatic rings. The molecule has 0 atom stereocenters. The van der Waals surface area contributed by atoms with Crippen molar-refractivity contribution in [2.45, 2.75) is 41.5 Å². The lowest BCUT2D eigenvalue weighted by Crippen LogP contribution is -2.18. The van der Waals surface area contributed by atoms with Gasteiger partial charge in [-0.15, -0.1) is 0 Å². The molecule has 376 valence electrons. The number of aromatic nitrogens is 3. The standard InChI is InChI=1S/C73H59N5/c1-48-44-50(3)69(51(4)45-48)78(70-52(5)46-49(2)47-53(70)6)61-42-40-60(41-43-61)77(67-35-19-18-31-63(67)55-24-12-8-13-25-55)73-75-71(74-72(76-73)66-32-17-16-30-62(66)54-22-10-7-11-23-54)59-38-36-57(37-39-59)65-34-21-29-58-28-20-33-64(68(58)65)56-26-14-9-15-27-56/h7-47H,1-6H3. The zero-order chi connectivity index (χ0) is 53.3. The summed E-state index contributed by atoms with van der Waals surface area (Å²) in [5, 5.41) is 2.41. The number of fused-ring (bicyclic) bond motifs is 1. The van der Waals surface area contributed by atoms with Gasteiger partial charge < -0.3 is 4.90 Å². The third kappa shape index (κ3) is 9.52. The summed E-state index contributed by atoms with van der Waals surface area (Å²) in [4.78, 5) is 21.1. The minimum atomic E-state index is 0.493. The van der Waals surface area contributed by atoms with Crippen LogP contribution in [0.4, 0.5) is 34.4 Å². The summed E-state index contributed by atoms with van der Waals surface area (Å²) >= 11 is 0. The van der Waals surface area contributed by atoms with E-state index in [0.29, 0.717) is 17.6 Å². The highest BCUT2D eigenvalue weighted by Gasteiger charge is 2.26. The monoisotopic (exact) mass is 1010 g/mol. The molecule has 0 N–H and O–H groups in total. The van der Waals surface area contributed by atoms with Crippen LogP contribution in [0.15, 0.2) is 249 Å². The van der Waals surface area contributed by atoms with Gasteiger partial charge in [0.15, 0.2) is 11.6 Å². The highest BCUT2D eigenvalue weighted by Crippen LogP contribution is 2.46. The van der Waals surface area contributed by atoms with Crippen molar-refractivity contribution in [3.05, 3.63) is 282 Å². The summed E-state index contributed by atoms with van der Waals surface area (Å²) in [6, 6.07) is 88.6. The van der Waals surface area contributed by atoms with Crippen molar-refractivity contribution in [2.24, 2.45) is 0 Å². The van der Waals surface area contributed by atoms with Gasteiger partial charge in [0.05, 0.1) is 17.1 Å². The third-order valence-electron chi connectivity index (χ3n) is 14.8. The van der Waals surface area contributed by atoms with Crippen LogP contribution in [0.2, 0.25) is 0 Å². The summed E-state index contributed by atoms with van der Waals surface area (Å²) in [5.74, 6) is 1.63. The summed E-state index contributed by atoms with van der Waals surface area (Å²) in [5.41, 5.74) is 23.3. The molecule has 11 aromatic carbocycles. The van der Waals surface area contributed by atoms with E-state index < -0.39 is 0 Å². The molecule has 0 aliphatic rings. The molecule has 1 aromatic heterocycles. The number of benzene rings is 11. The second-order valence-electron chi connectivity index (χ2n) is 20.4. The van der Waals surface area contributed by atoms with Crippen LogP contribution in [-0.4, -0.2) is 15.0 Å². The molecule has 0 saturated carbocycles. The van der Waals surface area contributed by atoms with Crippen LogP contribution in [0.3, 0.4) is 0 Å². The number of hydrogen-bond donors (Lipinski definition) is 0. The SMILES string of the molecule is Cc1cc(C)c(N(c2ccc(N(c3nc(-c4ccc(-c5cccc6cccc(-c7ccccc7)c56)cc4)nc(-c4ccccc4-c4ccccc4)n3)c3ccccc3-c3ccccc3)cc2)c2c(C)cc(C)cc2C)c(C)c1. The predicted octanol–water partition coefficient (Wildman–Crippen LogP) is 19.8. The Morgan fingerprint density at radius 1 is 0.282 bits per heavy atom. The van der Waals surface area contributed by atoms with E-state index in [1.807, 2.05) is 0 Å². The van der Waals surface area contributed by atoms with E-state index in [4.69, 9.17) is 15.0 Å². The summed E-state index contributed by atoms with van der Waals surface area (Å²) in [6.45, 7) is 13.2. The average molecular weight is 1010 g/mol. The number of rotatable bonds is 12. The maximum atomic E-state index is 5.55. The molecule has 0 bridgehead atoms. The zero-order valence-electron chi connectivity index (χ0n) is 44.9. The Labute approximate surface area is 458 Å². The fourth-order valence-corrected chi connectivity index (χ4v) is 11.6. The van der Waals surface area contributed by atoms with E-state index in [2.05, 4.69) is 300 Å². The first kappa shape index (κ1) is 49.2. The number of para-hydroxylation sites is 1. The van der Waals surface area contributed by atoms with Crippen molar-refractivity contribution in [2.75, 3.05) is 9.80 Å². The van der Waals surface area contributed by atoms with Crippen LogP contribution < -0.4 is 9.80 Å². The van der Waals surface area contributed by atoms with Gasteiger partial charge in [-0.1, -0.05) is 230 Å². The van der Waals surface area contributed by atoms with Gasteiger partial charge in [-0.2, -0.15) is 9.97 Å². The van der Waals surface area contributed by atoms with E-state index in [0.717, 1.165) is 56.0 Å². The smallest absolute Gasteiger partial charge is 0.238 e. The molecule has 0 aliphatic carbocycles. The first-order valence-electron chi connectivity index (χ1n) is 26.8. The number of hydrogen-bond acceptors (Lipinski definition) is 5. The van der Waals surface area contributed by atoms with E-state index in [-0.39, 0.29) is 0 Å². The molecular formula is C73H59N5. The second kappa shape index (κ2) is 21.1. The van der Waals surface area contributed by atoms with Gasteiger partial charge in [0.1, 0.15) is 0 Å². The van der Waals surface area contributed by atoms with Gasteiger partial charge in [0.25, 0.3) is 0 Å². The quantitative estimate of drug-likeness (QED) is 0.122. The average Bonchev–Trinajstić information content (AvgIpc) is 3.60. The molecule has 0 spiro atoms. The fraction of sp³-hybridized carbons (Fsp3) is 0.0822. The normalized spacial score (nSPS) is 11.2. The molecule has 0 aliphatic heterocycles. The molecule has 0 fully saturated rings. The van der Waals surface area contributed by atoms with Crippen LogP contribution >= 0.6 is 0 Å². The summed E-state index contributed by atoms with van der Waals surface area (Å²) in [7, 11) is 0. The fourth-order valence-electron chi connectivity index (χ4n) is 11.6. The maximum Gasteiger partial charge on any atom is 0.238 e. The van der Waals surface area contributed by atoms with Crippen molar-refractivity contribution in [1.29, 1.82) is 0 Å². The predicted molar refractivity (Wildman–Crippen MR) is 328 cm³/mol. The lowest BCUT2D eigenvalue weighted by atomic mass is 9.91. The maximum absolute atomic E-state index is 5.55. The minimum Gasteiger partial charge on any atom is -0.309 e. The van der Waals surface area contributed by atoms with Crippen molar-refractivity contribution in [3.8, 4) is 67.3 Å². The topological polar surface area (TPSA) is 45.2 Å². The first-order valence-corrected chi connectivity index (χ1v) is 26.8. The Kier molecular flexibility index (Phi) is 13.3. The highest BCUT2D eigenvalue weighted by atomic mass is 15.3. The van der Waals surface area contributed by atoms with Gasteiger partial charge in [-0.25, -0.2) is 4.98 Å². The van der Waals surface area contributed by atoms with Gasteiger partial charge in [0.2, 0.25) is 5.95 Å². The Morgan fingerprint density at radius 3 is 1.19 bits per heavy atom. The van der Waals surface area contributed by atoms with Gasteiger partial charge >= 0.3 is 0 Å². The van der Waals surface area contributed by atoms with Crippen molar-refractivity contribution >= 4 is 45.2 Å². The van der Waals surface area contributed by atoms with Crippen LogP contribution in [0, 0.1) is 41.5 Å². The molecule has 5 nitrogen and oxygen atoms in total. The van der Waals surface area contributed by atoms with Gasteiger partial charge in [0, 0.05) is 28.1 Å². The largest absolute Gasteiger partial charge is 0.309 e. The summed E-state index contributed by atoms with van der Waals surface area (Å²) < 4.78 is 0. The molecule has 5 heteroatoms. The molecule has 0 unspecified atom stereocenters. The highest BCUT2D eigenvalue weighted by molar-refractivity contribution is 6.06. The van der Waals surface area contributed by atoms with Gasteiger partial charge in [-0.3, -0.25) is 4.90 Å². The van der Waals surface area contributed by atoms with Crippen LogP contribution in [-0.2, 0) is 0 Å². The van der Waals surface area contributed by atoms with Crippen molar-refractivity contribution < 1.29 is 0 Å². The number of anilines is 6. The molecule has 0 amide bonds. The van der Waals surface area contributed by atoms with E-state index in [9.17, 15) is 0 Å². The van der Waals surface area contributed by atoms with Crippen LogP contribution in [0.1, 0.15) is 33.4 Å². The summed E-state index contributed by atoms with van der Waals surface area (Å²) in [6.07, 6.45) is 0. The van der Waals surface area contributed by atoms with Crippen LogP contribution in [0.25, 0.3) is 78.1 Å². The number of nitrogens with zero attached hydrogens (tertiary/aromatic N) is 5. The Bertz CT molecular complexity index is 4020. The third-order valence-corrected chi connectivity index (χ3v) is 14.8. The van der Waals surface area contributed by atoms with Crippen molar-refractivity contribution in [1.82, 2.24) is 15.0 Å². The Morgan fingerprint density at radius 2 is 0.667 bits per heavy atom. The van der Waals surface area contributed by atoms with Crippen molar-refractivity contribution in [3.63, 3.8) is 0 Å². The molecule has 0 radical (unpaired) electrons. The van der Waals surface area contributed by atoms with E-state index >= 15 is 0 Å². The number of aryl methyl sites for hydroxylation is 6. The molecule has 1 heterocycles. The molecule has 12 rings (SSSR count). The molecule has 0 saturated heterocycles. The molecule has 78 heavy (non-hydrogen) atoms. The Balaban J connectivity index is 1.06. The zero-order valence-corrected chi connectivity index (χ0v) is 44.9. The van der Waals surface area contributed by atoms with Crippen LogP contribution in [0.5, 0.6) is 0 Å². The van der Waals surface area contributed by atoms with E-state index in [1.165, 1.54) is 72.2 Å². The Hall–Kier alpha value is -9.71. The first-order chi connectivity index (χ1) is 38.2. The molecular weight excluding hydrogens is 947 g/mol. The van der Waals surface area contributed by atoms with Gasteiger partial charge in [-0.05, 0) is 144 Å². The minimum absolute atomic E-state index is 0.493. The lowest BCUT2D eigenvalue weighted by molar-refractivity contribution is 1.02. The lowest BCUT2D eigenvalue weighted by Gasteiger charge is -2.32.